The molecule has 2 rings (SSSR count). The number of carbonyl (C=O) groups excluding carboxylic acids is 1. The number of hydrogen-bond acceptors (Lipinski definition) is 2. The van der Waals surface area contributed by atoms with Crippen LogP contribution >= 0.6 is 0 Å². The van der Waals surface area contributed by atoms with Crippen LogP contribution in [0.15, 0.2) is 24.3 Å². The zero-order chi connectivity index (χ0) is 10.7. The molecule has 1 aliphatic rings. The monoisotopic (exact) mass is 207 g/mol. The first-order valence-corrected chi connectivity index (χ1v) is 5.28. The van der Waals surface area contributed by atoms with Gasteiger partial charge in [-0.2, -0.15) is 0 Å². The summed E-state index contributed by atoms with van der Waals surface area (Å²) >= 11 is 0. The number of rotatable bonds is 2. The molecule has 0 amide bonds. The van der Waals surface area contributed by atoms with Crippen molar-refractivity contribution in [3.05, 3.63) is 30.1 Å². The Morgan fingerprint density at radius 3 is 2.53 bits per heavy atom. The number of carbonyl (C=O) groups is 1. The van der Waals surface area contributed by atoms with Crippen molar-refractivity contribution in [1.82, 2.24) is 0 Å². The molecular weight excluding hydrogens is 193 g/mol. The smallest absolute Gasteiger partial charge is 0.146 e. The molecule has 80 valence electrons. The Balaban J connectivity index is 1.97. The zero-order valence-electron chi connectivity index (χ0n) is 8.50. The fourth-order valence-corrected chi connectivity index (χ4v) is 1.88. The summed E-state index contributed by atoms with van der Waals surface area (Å²) in [6, 6.07) is 6.88. The van der Waals surface area contributed by atoms with Crippen molar-refractivity contribution in [3.63, 3.8) is 0 Å². The minimum absolute atomic E-state index is 0.227. The van der Waals surface area contributed by atoms with Crippen LogP contribution in [0.25, 0.3) is 0 Å². The predicted octanol–water partition coefficient (Wildman–Crippen LogP) is 2.75. The quantitative estimate of drug-likeness (QED) is 0.807. The molecule has 0 radical (unpaired) electrons. The Bertz CT molecular complexity index is 354. The van der Waals surface area contributed by atoms with Crippen LogP contribution in [-0.4, -0.2) is 11.8 Å². The van der Waals surface area contributed by atoms with Gasteiger partial charge in [-0.1, -0.05) is 12.1 Å². The molecule has 2 nitrogen and oxygen atoms in total. The first-order chi connectivity index (χ1) is 7.25. The largest absolute Gasteiger partial charge is 0.380 e. The van der Waals surface area contributed by atoms with E-state index in [9.17, 15) is 9.18 Å². The molecule has 0 heterocycles. The van der Waals surface area contributed by atoms with E-state index in [-0.39, 0.29) is 11.9 Å². The van der Waals surface area contributed by atoms with E-state index in [1.807, 2.05) is 0 Å². The molecule has 0 aromatic heterocycles. The summed E-state index contributed by atoms with van der Waals surface area (Å²) in [5.41, 5.74) is 0.539. The fraction of sp³-hybridized carbons (Fsp3) is 0.417. The average molecular weight is 207 g/mol. The van der Waals surface area contributed by atoms with Crippen LogP contribution in [0.4, 0.5) is 10.1 Å². The van der Waals surface area contributed by atoms with Gasteiger partial charge in [0, 0.05) is 18.9 Å². The van der Waals surface area contributed by atoms with Crippen LogP contribution in [0.3, 0.4) is 0 Å². The summed E-state index contributed by atoms with van der Waals surface area (Å²) in [6.07, 6.45) is 2.86. The van der Waals surface area contributed by atoms with Gasteiger partial charge in [-0.15, -0.1) is 0 Å². The Labute approximate surface area is 88.5 Å². The Morgan fingerprint density at radius 1 is 1.20 bits per heavy atom. The van der Waals surface area contributed by atoms with Gasteiger partial charge in [-0.25, -0.2) is 4.39 Å². The molecule has 1 N–H and O–H groups in total. The molecule has 1 fully saturated rings. The summed E-state index contributed by atoms with van der Waals surface area (Å²) < 4.78 is 13.3. The van der Waals surface area contributed by atoms with E-state index in [1.165, 1.54) is 6.07 Å². The summed E-state index contributed by atoms with van der Waals surface area (Å²) in [6.45, 7) is 0. The average Bonchev–Trinajstić information content (AvgIpc) is 2.25. The zero-order valence-corrected chi connectivity index (χ0v) is 8.50. The maximum atomic E-state index is 13.3. The Hall–Kier alpha value is -1.38. The molecule has 1 aliphatic carbocycles. The minimum atomic E-state index is -0.227. The molecule has 0 atom stereocenters. The van der Waals surface area contributed by atoms with Gasteiger partial charge in [0.25, 0.3) is 0 Å². The first kappa shape index (κ1) is 10.1. The van der Waals surface area contributed by atoms with Gasteiger partial charge in [0.05, 0.1) is 5.69 Å². The van der Waals surface area contributed by atoms with E-state index < -0.39 is 0 Å². The normalized spacial score (nSPS) is 17.8. The fourth-order valence-electron chi connectivity index (χ4n) is 1.88. The molecule has 0 aliphatic heterocycles. The highest BCUT2D eigenvalue weighted by Gasteiger charge is 2.18. The maximum absolute atomic E-state index is 13.3. The van der Waals surface area contributed by atoms with Gasteiger partial charge < -0.3 is 5.32 Å². The number of ketones is 1. The van der Waals surface area contributed by atoms with Crippen LogP contribution in [0.5, 0.6) is 0 Å². The highest BCUT2D eigenvalue weighted by Crippen LogP contribution is 2.21. The summed E-state index contributed by atoms with van der Waals surface area (Å²) in [7, 11) is 0. The number of benzene rings is 1. The van der Waals surface area contributed by atoms with E-state index in [1.54, 1.807) is 18.2 Å². The second-order valence-corrected chi connectivity index (χ2v) is 3.94. The van der Waals surface area contributed by atoms with Gasteiger partial charge in [-0.3, -0.25) is 4.79 Å². The maximum Gasteiger partial charge on any atom is 0.146 e. The first-order valence-electron chi connectivity index (χ1n) is 5.28. The lowest BCUT2D eigenvalue weighted by molar-refractivity contribution is -0.120. The highest BCUT2D eigenvalue weighted by atomic mass is 19.1. The minimum Gasteiger partial charge on any atom is -0.380 e. The van der Waals surface area contributed by atoms with Crippen molar-refractivity contribution in [2.24, 2.45) is 0 Å². The molecule has 0 unspecified atom stereocenters. The third-order valence-corrected chi connectivity index (χ3v) is 2.78. The van der Waals surface area contributed by atoms with Crippen LogP contribution in [0.1, 0.15) is 25.7 Å². The standard InChI is InChI=1S/C12H14FNO/c13-11-3-1-2-4-12(11)14-9-5-7-10(15)8-6-9/h1-4,9,14H,5-8H2. The van der Waals surface area contributed by atoms with E-state index in [0.717, 1.165) is 12.8 Å². The van der Waals surface area contributed by atoms with Gasteiger partial charge in [-0.05, 0) is 25.0 Å². The molecule has 15 heavy (non-hydrogen) atoms. The van der Waals surface area contributed by atoms with Gasteiger partial charge in [0.1, 0.15) is 11.6 Å². The molecule has 0 saturated heterocycles. The number of hydrogen-bond donors (Lipinski definition) is 1. The highest BCUT2D eigenvalue weighted by molar-refractivity contribution is 5.79. The molecule has 0 spiro atoms. The van der Waals surface area contributed by atoms with Gasteiger partial charge in [0.15, 0.2) is 0 Å². The second kappa shape index (κ2) is 4.43. The van der Waals surface area contributed by atoms with Gasteiger partial charge >= 0.3 is 0 Å². The van der Waals surface area contributed by atoms with Crippen molar-refractivity contribution in [2.75, 3.05) is 5.32 Å². The number of nitrogens with one attached hydrogen (secondary N) is 1. The molecule has 0 bridgehead atoms. The third-order valence-electron chi connectivity index (χ3n) is 2.78. The lowest BCUT2D eigenvalue weighted by atomic mass is 9.94. The van der Waals surface area contributed by atoms with Gasteiger partial charge in [0.2, 0.25) is 0 Å². The van der Waals surface area contributed by atoms with Crippen LogP contribution in [0.2, 0.25) is 0 Å². The Morgan fingerprint density at radius 2 is 1.87 bits per heavy atom. The number of halogens is 1. The van der Waals surface area contributed by atoms with Crippen molar-refractivity contribution in [2.45, 2.75) is 31.7 Å². The molecule has 1 saturated carbocycles. The van der Waals surface area contributed by atoms with E-state index in [4.69, 9.17) is 0 Å². The lowest BCUT2D eigenvalue weighted by Gasteiger charge is -2.23. The Kier molecular flexibility index (Phi) is 2.99. The van der Waals surface area contributed by atoms with Crippen molar-refractivity contribution in [3.8, 4) is 0 Å². The predicted molar refractivity (Wildman–Crippen MR) is 57.3 cm³/mol. The SMILES string of the molecule is O=C1CCC(Nc2ccccc2F)CC1. The second-order valence-electron chi connectivity index (χ2n) is 3.94. The molecule has 1 aromatic carbocycles. The third kappa shape index (κ3) is 2.55. The number of Topliss-reactive ketones (excluding diaryl/α,β-unsaturated/α-hetero) is 1. The van der Waals surface area contributed by atoms with Crippen molar-refractivity contribution in [1.29, 1.82) is 0 Å². The topological polar surface area (TPSA) is 29.1 Å². The van der Waals surface area contributed by atoms with Crippen LogP contribution in [-0.2, 0) is 4.79 Å². The van der Waals surface area contributed by atoms with Crippen LogP contribution < -0.4 is 5.32 Å². The summed E-state index contributed by atoms with van der Waals surface area (Å²) in [4.78, 5) is 11.0. The molecule has 3 heteroatoms. The summed E-state index contributed by atoms with van der Waals surface area (Å²) in [5.74, 6) is 0.0935. The summed E-state index contributed by atoms with van der Waals surface area (Å²) in [5, 5.41) is 3.14. The van der Waals surface area contributed by atoms with E-state index in [2.05, 4.69) is 5.32 Å². The number of para-hydroxylation sites is 1. The van der Waals surface area contributed by atoms with Crippen LogP contribution in [0, 0.1) is 5.82 Å². The van der Waals surface area contributed by atoms with Crippen molar-refractivity contribution >= 4 is 11.5 Å². The van der Waals surface area contributed by atoms with E-state index in [0.29, 0.717) is 24.3 Å². The van der Waals surface area contributed by atoms with Crippen molar-refractivity contribution < 1.29 is 9.18 Å². The lowest BCUT2D eigenvalue weighted by Crippen LogP contribution is -2.26. The number of anilines is 1. The molecular formula is C12H14FNO. The van der Waals surface area contributed by atoms with E-state index >= 15 is 0 Å². The molecule has 1 aromatic rings.